The van der Waals surface area contributed by atoms with Crippen LogP contribution in [0.4, 0.5) is 0 Å². The highest BCUT2D eigenvalue weighted by Gasteiger charge is 2.16. The van der Waals surface area contributed by atoms with Gasteiger partial charge in [-0.2, -0.15) is 0 Å². The van der Waals surface area contributed by atoms with E-state index in [0.29, 0.717) is 0 Å². The molecule has 2 N–H and O–H groups in total. The normalized spacial score (nSPS) is 13.7. The zero-order valence-corrected chi connectivity index (χ0v) is 12.3. The van der Waals surface area contributed by atoms with Crippen molar-refractivity contribution in [2.24, 2.45) is 0 Å². The molecule has 1 aromatic rings. The first kappa shape index (κ1) is 15.4. The van der Waals surface area contributed by atoms with Crippen molar-refractivity contribution in [2.75, 3.05) is 7.05 Å². The van der Waals surface area contributed by atoms with Crippen LogP contribution in [0.15, 0.2) is 30.4 Å². The average Bonchev–Trinajstić information content (AvgIpc) is 2.29. The van der Waals surface area contributed by atoms with E-state index in [1.54, 1.807) is 6.08 Å². The van der Waals surface area contributed by atoms with Gasteiger partial charge in [0.15, 0.2) is 0 Å². The molecular weight excluding hydrogens is 238 g/mol. The van der Waals surface area contributed by atoms with Crippen LogP contribution in [0.5, 0.6) is 0 Å². The Morgan fingerprint density at radius 2 is 2.00 bits per heavy atom. The maximum Gasteiger partial charge on any atom is 0.328 e. The quantitative estimate of drug-likeness (QED) is 0.818. The minimum absolute atomic E-state index is 0.0786. The molecule has 0 fully saturated rings. The van der Waals surface area contributed by atoms with Gasteiger partial charge in [-0.1, -0.05) is 45.0 Å². The Morgan fingerprint density at radius 1 is 1.37 bits per heavy atom. The summed E-state index contributed by atoms with van der Waals surface area (Å²) in [6.45, 7) is 8.60. The van der Waals surface area contributed by atoms with Gasteiger partial charge in [-0.15, -0.1) is 0 Å². The van der Waals surface area contributed by atoms with Gasteiger partial charge < -0.3 is 10.4 Å². The van der Waals surface area contributed by atoms with Gasteiger partial charge in [-0.05, 0) is 36.1 Å². The van der Waals surface area contributed by atoms with Gasteiger partial charge >= 0.3 is 5.97 Å². The van der Waals surface area contributed by atoms with Gasteiger partial charge in [-0.3, -0.25) is 0 Å². The van der Waals surface area contributed by atoms with Gasteiger partial charge in [0.2, 0.25) is 0 Å². The molecule has 0 saturated carbocycles. The van der Waals surface area contributed by atoms with Crippen LogP contribution in [0.25, 0.3) is 0 Å². The number of benzene rings is 1. The van der Waals surface area contributed by atoms with Crippen molar-refractivity contribution in [3.05, 3.63) is 47.0 Å². The third-order valence-corrected chi connectivity index (χ3v) is 3.21. The summed E-state index contributed by atoms with van der Waals surface area (Å²) in [6, 6.07) is 6.28. The highest BCUT2D eigenvalue weighted by atomic mass is 16.4. The lowest BCUT2D eigenvalue weighted by molar-refractivity contribution is -0.131. The SMILES string of the molecule is CNC(/C=C/C(=O)O)c1ccc(C(C)(C)C)cc1C. The van der Waals surface area contributed by atoms with E-state index in [9.17, 15) is 4.79 Å². The number of carbonyl (C=O) groups is 1. The lowest BCUT2D eigenvalue weighted by atomic mass is 9.84. The van der Waals surface area contributed by atoms with Crippen LogP contribution in [0.3, 0.4) is 0 Å². The van der Waals surface area contributed by atoms with Crippen molar-refractivity contribution in [3.8, 4) is 0 Å². The number of carboxylic acids is 1. The van der Waals surface area contributed by atoms with Crippen LogP contribution in [0.1, 0.15) is 43.5 Å². The molecule has 0 aliphatic heterocycles. The highest BCUT2D eigenvalue weighted by molar-refractivity contribution is 5.79. The first-order chi connectivity index (χ1) is 8.75. The standard InChI is InChI=1S/C16H23NO2/c1-11-10-12(16(2,3)4)6-7-13(11)14(17-5)8-9-15(18)19/h6-10,14,17H,1-5H3,(H,18,19)/b9-8+. The van der Waals surface area contributed by atoms with E-state index in [-0.39, 0.29) is 11.5 Å². The van der Waals surface area contributed by atoms with Crippen LogP contribution in [-0.4, -0.2) is 18.1 Å². The van der Waals surface area contributed by atoms with E-state index in [2.05, 4.69) is 51.2 Å². The number of aliphatic carboxylic acids is 1. The number of hydrogen-bond donors (Lipinski definition) is 2. The lowest BCUT2D eigenvalue weighted by Crippen LogP contribution is -2.17. The van der Waals surface area contributed by atoms with Gasteiger partial charge in [0, 0.05) is 6.08 Å². The molecule has 0 aromatic heterocycles. The van der Waals surface area contributed by atoms with E-state index in [4.69, 9.17) is 5.11 Å². The van der Waals surface area contributed by atoms with E-state index >= 15 is 0 Å². The Bertz CT molecular complexity index is 484. The van der Waals surface area contributed by atoms with Crippen molar-refractivity contribution >= 4 is 5.97 Å². The topological polar surface area (TPSA) is 49.3 Å². The molecule has 19 heavy (non-hydrogen) atoms. The third-order valence-electron chi connectivity index (χ3n) is 3.21. The minimum Gasteiger partial charge on any atom is -0.478 e. The summed E-state index contributed by atoms with van der Waals surface area (Å²) in [6.07, 6.45) is 2.85. The molecule has 0 saturated heterocycles. The van der Waals surface area contributed by atoms with Crippen LogP contribution in [0, 0.1) is 6.92 Å². The van der Waals surface area contributed by atoms with Gasteiger partial charge in [0.1, 0.15) is 0 Å². The zero-order valence-electron chi connectivity index (χ0n) is 12.3. The van der Waals surface area contributed by atoms with E-state index in [1.165, 1.54) is 17.2 Å². The highest BCUT2D eigenvalue weighted by Crippen LogP contribution is 2.27. The van der Waals surface area contributed by atoms with Crippen molar-refractivity contribution < 1.29 is 9.90 Å². The van der Waals surface area contributed by atoms with E-state index < -0.39 is 5.97 Å². The average molecular weight is 261 g/mol. The number of likely N-dealkylation sites (N-methyl/N-ethyl adjacent to an activating group) is 1. The van der Waals surface area contributed by atoms with Crippen LogP contribution in [0.2, 0.25) is 0 Å². The Labute approximate surface area is 115 Å². The maximum atomic E-state index is 10.6. The molecule has 0 spiro atoms. The molecule has 0 heterocycles. The van der Waals surface area contributed by atoms with Crippen molar-refractivity contribution in [3.63, 3.8) is 0 Å². The summed E-state index contributed by atoms with van der Waals surface area (Å²) in [5.74, 6) is -0.927. The zero-order chi connectivity index (χ0) is 14.6. The molecular formula is C16H23NO2. The van der Waals surface area contributed by atoms with Gasteiger partial charge in [-0.25, -0.2) is 4.79 Å². The Hall–Kier alpha value is -1.61. The smallest absolute Gasteiger partial charge is 0.328 e. The summed E-state index contributed by atoms with van der Waals surface area (Å²) in [5.41, 5.74) is 3.68. The molecule has 3 heteroatoms. The predicted molar refractivity (Wildman–Crippen MR) is 78.5 cm³/mol. The largest absolute Gasteiger partial charge is 0.478 e. The fraction of sp³-hybridized carbons (Fsp3) is 0.438. The predicted octanol–water partition coefficient (Wildman–Crippen LogP) is 3.19. The Balaban J connectivity index is 3.10. The molecule has 0 radical (unpaired) electrons. The number of aryl methyl sites for hydroxylation is 1. The first-order valence-electron chi connectivity index (χ1n) is 6.45. The molecule has 0 bridgehead atoms. The second-order valence-corrected chi connectivity index (χ2v) is 5.79. The molecule has 1 aromatic carbocycles. The molecule has 3 nitrogen and oxygen atoms in total. The lowest BCUT2D eigenvalue weighted by Gasteiger charge is -2.22. The fourth-order valence-corrected chi connectivity index (χ4v) is 2.03. The number of carboxylic acid groups (broad SMARTS) is 1. The Morgan fingerprint density at radius 3 is 2.42 bits per heavy atom. The fourth-order valence-electron chi connectivity index (χ4n) is 2.03. The van der Waals surface area contributed by atoms with Crippen molar-refractivity contribution in [2.45, 2.75) is 39.2 Å². The van der Waals surface area contributed by atoms with E-state index in [1.807, 2.05) is 7.05 Å². The number of rotatable bonds is 4. The molecule has 0 aliphatic carbocycles. The van der Waals surface area contributed by atoms with Gasteiger partial charge in [0.25, 0.3) is 0 Å². The van der Waals surface area contributed by atoms with E-state index in [0.717, 1.165) is 5.56 Å². The molecule has 0 aliphatic rings. The van der Waals surface area contributed by atoms with Crippen LogP contribution >= 0.6 is 0 Å². The third kappa shape index (κ3) is 4.21. The summed E-state index contributed by atoms with van der Waals surface area (Å²) >= 11 is 0. The summed E-state index contributed by atoms with van der Waals surface area (Å²) in [4.78, 5) is 10.6. The van der Waals surface area contributed by atoms with Crippen molar-refractivity contribution in [1.29, 1.82) is 0 Å². The van der Waals surface area contributed by atoms with Crippen LogP contribution in [-0.2, 0) is 10.2 Å². The molecule has 0 amide bonds. The maximum absolute atomic E-state index is 10.6. The number of nitrogens with one attached hydrogen (secondary N) is 1. The molecule has 1 atom stereocenters. The Kier molecular flexibility index (Phi) is 4.90. The van der Waals surface area contributed by atoms with Crippen LogP contribution < -0.4 is 5.32 Å². The molecule has 104 valence electrons. The minimum atomic E-state index is -0.927. The summed E-state index contributed by atoms with van der Waals surface area (Å²) in [7, 11) is 1.83. The first-order valence-corrected chi connectivity index (χ1v) is 6.45. The van der Waals surface area contributed by atoms with Gasteiger partial charge in [0.05, 0.1) is 6.04 Å². The summed E-state index contributed by atoms with van der Waals surface area (Å²) in [5, 5.41) is 11.8. The number of hydrogen-bond acceptors (Lipinski definition) is 2. The molecule has 1 rings (SSSR count). The second-order valence-electron chi connectivity index (χ2n) is 5.79. The van der Waals surface area contributed by atoms with Crippen molar-refractivity contribution in [1.82, 2.24) is 5.32 Å². The second kappa shape index (κ2) is 6.02. The molecule has 1 unspecified atom stereocenters. The summed E-state index contributed by atoms with van der Waals surface area (Å²) < 4.78 is 0. The monoisotopic (exact) mass is 261 g/mol.